The summed E-state index contributed by atoms with van der Waals surface area (Å²) in [4.78, 5) is 25.2. The third kappa shape index (κ3) is 5.28. The van der Waals surface area contributed by atoms with Crippen molar-refractivity contribution in [3.8, 4) is 0 Å². The molecule has 1 aliphatic heterocycles. The molecule has 1 fully saturated rings. The number of carbonyl (C=O) groups excluding carboxylic acids is 2. The molecule has 6 nitrogen and oxygen atoms in total. The molecule has 2 amide bonds. The van der Waals surface area contributed by atoms with Crippen LogP contribution in [0.3, 0.4) is 0 Å². The number of hydrogen-bond donors (Lipinski definition) is 1. The molecule has 0 bridgehead atoms. The second kappa shape index (κ2) is 5.58. The number of rotatable bonds is 2. The molecule has 1 saturated heterocycles. The number of nitrogens with zero attached hydrogens (tertiary/aromatic N) is 1. The maximum absolute atomic E-state index is 11.9. The molecule has 0 saturated carbocycles. The van der Waals surface area contributed by atoms with Gasteiger partial charge in [-0.05, 0) is 41.5 Å². The summed E-state index contributed by atoms with van der Waals surface area (Å²) in [6, 6.07) is 0. The van der Waals surface area contributed by atoms with Crippen LogP contribution in [0, 0.1) is 0 Å². The fourth-order valence-corrected chi connectivity index (χ4v) is 1.86. The molecule has 1 N–H and O–H groups in total. The van der Waals surface area contributed by atoms with Crippen molar-refractivity contribution in [2.75, 3.05) is 13.1 Å². The van der Waals surface area contributed by atoms with Gasteiger partial charge >= 0.3 is 12.2 Å². The van der Waals surface area contributed by atoms with Crippen molar-refractivity contribution in [1.82, 2.24) is 10.2 Å². The molecule has 0 aromatic carbocycles. The maximum Gasteiger partial charge on any atom is 0.410 e. The number of ether oxygens (including phenoxy) is 2. The van der Waals surface area contributed by atoms with Gasteiger partial charge < -0.3 is 19.7 Å². The minimum atomic E-state index is -0.654. The predicted octanol–water partition coefficient (Wildman–Crippen LogP) is 2.69. The lowest BCUT2D eigenvalue weighted by molar-refractivity contribution is -0.0109. The number of likely N-dealkylation sites (tertiary alicyclic amines) is 1. The van der Waals surface area contributed by atoms with Crippen LogP contribution in [0.15, 0.2) is 12.7 Å². The van der Waals surface area contributed by atoms with Crippen molar-refractivity contribution in [3.05, 3.63) is 12.7 Å². The largest absolute Gasteiger partial charge is 0.444 e. The Hall–Kier alpha value is -1.72. The normalized spacial score (nSPS) is 17.5. The summed E-state index contributed by atoms with van der Waals surface area (Å²) in [5.74, 6) is 0. The van der Waals surface area contributed by atoms with E-state index in [9.17, 15) is 9.59 Å². The van der Waals surface area contributed by atoms with Gasteiger partial charge in [-0.3, -0.25) is 0 Å². The highest BCUT2D eigenvalue weighted by molar-refractivity contribution is 5.73. The summed E-state index contributed by atoms with van der Waals surface area (Å²) in [6.45, 7) is 15.2. The van der Waals surface area contributed by atoms with Crippen LogP contribution in [-0.4, -0.2) is 46.9 Å². The molecule has 0 atom stereocenters. The zero-order valence-corrected chi connectivity index (χ0v) is 13.8. The Kier molecular flexibility index (Phi) is 4.60. The Morgan fingerprint density at radius 2 is 1.57 bits per heavy atom. The average Bonchev–Trinajstić information content (AvgIpc) is 2.17. The first kappa shape index (κ1) is 17.3. The molecule has 21 heavy (non-hydrogen) atoms. The van der Waals surface area contributed by atoms with Crippen LogP contribution in [0.4, 0.5) is 9.59 Å². The molecule has 0 spiro atoms. The van der Waals surface area contributed by atoms with E-state index in [0.717, 1.165) is 0 Å². The van der Waals surface area contributed by atoms with Gasteiger partial charge in [0.25, 0.3) is 0 Å². The first-order valence-electron chi connectivity index (χ1n) is 6.98. The highest BCUT2D eigenvalue weighted by Crippen LogP contribution is 2.25. The van der Waals surface area contributed by atoms with Gasteiger partial charge in [0.2, 0.25) is 0 Å². The van der Waals surface area contributed by atoms with Crippen LogP contribution in [0.25, 0.3) is 0 Å². The fourth-order valence-electron chi connectivity index (χ4n) is 1.86. The van der Waals surface area contributed by atoms with Crippen LogP contribution >= 0.6 is 0 Å². The van der Waals surface area contributed by atoms with E-state index >= 15 is 0 Å². The van der Waals surface area contributed by atoms with Gasteiger partial charge in [-0.15, -0.1) is 6.58 Å². The average molecular weight is 298 g/mol. The summed E-state index contributed by atoms with van der Waals surface area (Å²) in [7, 11) is 0. The SMILES string of the molecule is C=CC1(NC(=O)OC(C)(C)C)CN(C(=O)OC(C)(C)C)C1. The Balaban J connectivity index is 2.55. The lowest BCUT2D eigenvalue weighted by Gasteiger charge is -2.48. The molecule has 1 aliphatic rings. The Labute approximate surface area is 126 Å². The molecule has 0 aromatic heterocycles. The lowest BCUT2D eigenvalue weighted by atomic mass is 9.90. The highest BCUT2D eigenvalue weighted by atomic mass is 16.6. The van der Waals surface area contributed by atoms with E-state index in [2.05, 4.69) is 11.9 Å². The van der Waals surface area contributed by atoms with Crippen molar-refractivity contribution >= 4 is 12.2 Å². The summed E-state index contributed by atoms with van der Waals surface area (Å²) in [5, 5.41) is 2.76. The van der Waals surface area contributed by atoms with E-state index in [0.29, 0.717) is 13.1 Å². The Morgan fingerprint density at radius 1 is 1.10 bits per heavy atom. The van der Waals surface area contributed by atoms with Gasteiger partial charge in [-0.2, -0.15) is 0 Å². The Bertz CT molecular complexity index is 426. The molecule has 1 heterocycles. The molecular formula is C15H26N2O4. The summed E-state index contributed by atoms with van der Waals surface area (Å²) in [5.41, 5.74) is -1.76. The number of carbonyl (C=O) groups is 2. The minimum absolute atomic E-state index is 0.324. The van der Waals surface area contributed by atoms with Gasteiger partial charge in [-0.25, -0.2) is 9.59 Å². The van der Waals surface area contributed by atoms with E-state index in [4.69, 9.17) is 9.47 Å². The molecule has 0 aliphatic carbocycles. The number of nitrogens with one attached hydrogen (secondary N) is 1. The zero-order valence-electron chi connectivity index (χ0n) is 13.8. The van der Waals surface area contributed by atoms with Gasteiger partial charge in [0.05, 0.1) is 18.6 Å². The molecule has 1 rings (SSSR count). The number of hydrogen-bond acceptors (Lipinski definition) is 4. The number of alkyl carbamates (subject to hydrolysis) is 1. The van der Waals surface area contributed by atoms with E-state index in [1.165, 1.54) is 4.90 Å². The fraction of sp³-hybridized carbons (Fsp3) is 0.733. The van der Waals surface area contributed by atoms with E-state index in [-0.39, 0.29) is 0 Å². The second-order valence-corrected chi connectivity index (χ2v) is 7.32. The van der Waals surface area contributed by atoms with Crippen LogP contribution in [0.1, 0.15) is 41.5 Å². The third-order valence-electron chi connectivity index (χ3n) is 2.74. The molecule has 0 unspecified atom stereocenters. The van der Waals surface area contributed by atoms with Crippen LogP contribution in [0.2, 0.25) is 0 Å². The smallest absolute Gasteiger partial charge is 0.410 e. The molecule has 6 heteroatoms. The molecule has 0 aromatic rings. The monoisotopic (exact) mass is 298 g/mol. The van der Waals surface area contributed by atoms with Crippen molar-refractivity contribution in [1.29, 1.82) is 0 Å². The van der Waals surface area contributed by atoms with E-state index in [1.807, 2.05) is 20.8 Å². The van der Waals surface area contributed by atoms with Crippen molar-refractivity contribution < 1.29 is 19.1 Å². The summed E-state index contributed by atoms with van der Waals surface area (Å²) < 4.78 is 10.5. The zero-order chi connectivity index (χ0) is 16.5. The third-order valence-corrected chi connectivity index (χ3v) is 2.74. The summed E-state index contributed by atoms with van der Waals surface area (Å²) >= 11 is 0. The van der Waals surface area contributed by atoms with Gasteiger partial charge in [0.15, 0.2) is 0 Å². The van der Waals surface area contributed by atoms with E-state index < -0.39 is 28.9 Å². The summed E-state index contributed by atoms with van der Waals surface area (Å²) in [6.07, 6.45) is 0.704. The van der Waals surface area contributed by atoms with Crippen molar-refractivity contribution in [2.24, 2.45) is 0 Å². The van der Waals surface area contributed by atoms with Gasteiger partial charge in [0.1, 0.15) is 11.2 Å². The quantitative estimate of drug-likeness (QED) is 0.796. The standard InChI is InChI=1S/C15H26N2O4/c1-8-15(16-11(18)20-13(2,3)4)9-17(10-15)12(19)21-14(5,6)7/h8H,1,9-10H2,2-7H3,(H,16,18). The van der Waals surface area contributed by atoms with Gasteiger partial charge in [0, 0.05) is 0 Å². The molecular weight excluding hydrogens is 272 g/mol. The molecule has 120 valence electrons. The minimum Gasteiger partial charge on any atom is -0.444 e. The highest BCUT2D eigenvalue weighted by Gasteiger charge is 2.46. The van der Waals surface area contributed by atoms with Crippen LogP contribution in [0.5, 0.6) is 0 Å². The first-order valence-corrected chi connectivity index (χ1v) is 6.98. The van der Waals surface area contributed by atoms with E-state index in [1.54, 1.807) is 26.8 Å². The first-order chi connectivity index (χ1) is 9.36. The molecule has 0 radical (unpaired) electrons. The number of amides is 2. The Morgan fingerprint density at radius 3 is 1.95 bits per heavy atom. The van der Waals surface area contributed by atoms with Crippen LogP contribution < -0.4 is 5.32 Å². The second-order valence-electron chi connectivity index (χ2n) is 7.32. The maximum atomic E-state index is 11.9. The van der Waals surface area contributed by atoms with Gasteiger partial charge in [-0.1, -0.05) is 6.08 Å². The van der Waals surface area contributed by atoms with Crippen molar-refractivity contribution in [3.63, 3.8) is 0 Å². The lowest BCUT2D eigenvalue weighted by Crippen LogP contribution is -2.70. The van der Waals surface area contributed by atoms with Crippen LogP contribution in [-0.2, 0) is 9.47 Å². The topological polar surface area (TPSA) is 67.9 Å². The predicted molar refractivity (Wildman–Crippen MR) is 80.1 cm³/mol. The van der Waals surface area contributed by atoms with Crippen molar-refractivity contribution in [2.45, 2.75) is 58.3 Å².